The van der Waals surface area contributed by atoms with Crippen LogP contribution in [0.3, 0.4) is 0 Å². The Morgan fingerprint density at radius 3 is 2.33 bits per heavy atom. The molecule has 0 unspecified atom stereocenters. The van der Waals surface area contributed by atoms with Gasteiger partial charge >= 0.3 is 5.97 Å². The second kappa shape index (κ2) is 9.94. The summed E-state index contributed by atoms with van der Waals surface area (Å²) in [5, 5.41) is 13.6. The number of halogens is 3. The number of carboxylic acids is 1. The molecule has 2 N–H and O–H groups in total. The van der Waals surface area contributed by atoms with Crippen LogP contribution in [0.5, 0.6) is 11.5 Å². The molecular formula is C22H18Cl3NO4. The number of rotatable bonds is 8. The van der Waals surface area contributed by atoms with Crippen LogP contribution in [0.25, 0.3) is 0 Å². The number of nitrogens with one attached hydrogen (secondary N) is 1. The summed E-state index contributed by atoms with van der Waals surface area (Å²) in [5.41, 5.74) is 2.46. The van der Waals surface area contributed by atoms with E-state index >= 15 is 0 Å². The second-order valence-electron chi connectivity index (χ2n) is 6.36. The maximum absolute atomic E-state index is 11.1. The van der Waals surface area contributed by atoms with E-state index in [9.17, 15) is 4.79 Å². The highest BCUT2D eigenvalue weighted by molar-refractivity contribution is 6.33. The number of anilines is 1. The van der Waals surface area contributed by atoms with E-state index in [1.165, 1.54) is 6.07 Å². The van der Waals surface area contributed by atoms with Gasteiger partial charge in [-0.2, -0.15) is 0 Å². The van der Waals surface area contributed by atoms with Crippen LogP contribution in [-0.4, -0.2) is 18.2 Å². The summed E-state index contributed by atoms with van der Waals surface area (Å²) in [4.78, 5) is 11.1. The van der Waals surface area contributed by atoms with Crippen molar-refractivity contribution < 1.29 is 19.4 Å². The number of hydrogen-bond acceptors (Lipinski definition) is 4. The third-order valence-electron chi connectivity index (χ3n) is 4.32. The average Bonchev–Trinajstić information content (AvgIpc) is 2.72. The first-order valence-corrected chi connectivity index (χ1v) is 10.0. The van der Waals surface area contributed by atoms with Crippen LogP contribution in [0.15, 0.2) is 54.6 Å². The highest BCUT2D eigenvalue weighted by Crippen LogP contribution is 2.34. The summed E-state index contributed by atoms with van der Waals surface area (Å²) in [6.07, 6.45) is 0. The van der Waals surface area contributed by atoms with Gasteiger partial charge in [-0.15, -0.1) is 0 Å². The number of ether oxygens (including phenoxy) is 2. The lowest BCUT2D eigenvalue weighted by molar-refractivity contribution is 0.0697. The van der Waals surface area contributed by atoms with Gasteiger partial charge in [-0.3, -0.25) is 0 Å². The topological polar surface area (TPSA) is 67.8 Å². The first-order valence-electron chi connectivity index (χ1n) is 8.87. The van der Waals surface area contributed by atoms with Gasteiger partial charge in [0.25, 0.3) is 0 Å². The smallest absolute Gasteiger partial charge is 0.337 e. The van der Waals surface area contributed by atoms with E-state index in [4.69, 9.17) is 49.4 Å². The van der Waals surface area contributed by atoms with E-state index < -0.39 is 5.97 Å². The lowest BCUT2D eigenvalue weighted by Gasteiger charge is -2.15. The molecule has 0 aromatic heterocycles. The first kappa shape index (κ1) is 22.1. The molecule has 0 atom stereocenters. The van der Waals surface area contributed by atoms with Crippen LogP contribution in [0.4, 0.5) is 5.69 Å². The standard InChI is InChI=1S/C22H18Cl3NO4/c1-29-20-8-14(11-26-16-6-7-17(22(27)28)19(25)9-16)18(24)10-21(20)30-12-13-2-4-15(23)5-3-13/h2-10,26H,11-12H2,1H3,(H,27,28). The SMILES string of the molecule is COc1cc(CNc2ccc(C(=O)O)c(Cl)c2)c(Cl)cc1OCc1ccc(Cl)cc1. The Morgan fingerprint density at radius 1 is 0.967 bits per heavy atom. The minimum Gasteiger partial charge on any atom is -0.493 e. The van der Waals surface area contributed by atoms with Crippen molar-refractivity contribution >= 4 is 46.5 Å². The van der Waals surface area contributed by atoms with E-state index in [1.54, 1.807) is 43.5 Å². The maximum atomic E-state index is 11.1. The molecule has 0 bridgehead atoms. The molecule has 3 aromatic rings. The highest BCUT2D eigenvalue weighted by atomic mass is 35.5. The molecule has 30 heavy (non-hydrogen) atoms. The zero-order chi connectivity index (χ0) is 21.7. The Labute approximate surface area is 189 Å². The zero-order valence-corrected chi connectivity index (χ0v) is 18.2. The molecule has 3 aromatic carbocycles. The van der Waals surface area contributed by atoms with Crippen LogP contribution < -0.4 is 14.8 Å². The van der Waals surface area contributed by atoms with Crippen molar-refractivity contribution in [3.05, 3.63) is 86.4 Å². The predicted octanol–water partition coefficient (Wildman–Crippen LogP) is 6.54. The summed E-state index contributed by atoms with van der Waals surface area (Å²) in [7, 11) is 1.56. The van der Waals surface area contributed by atoms with Gasteiger partial charge in [0.15, 0.2) is 11.5 Å². The molecule has 0 aliphatic rings. The summed E-state index contributed by atoms with van der Waals surface area (Å²) >= 11 is 18.3. The molecule has 3 rings (SSSR count). The molecule has 0 saturated carbocycles. The van der Waals surface area contributed by atoms with Crippen molar-refractivity contribution in [1.29, 1.82) is 0 Å². The quantitative estimate of drug-likeness (QED) is 0.394. The molecule has 0 aliphatic carbocycles. The third-order valence-corrected chi connectivity index (χ3v) is 5.24. The fourth-order valence-corrected chi connectivity index (χ4v) is 3.33. The lowest BCUT2D eigenvalue weighted by Crippen LogP contribution is -2.04. The normalized spacial score (nSPS) is 10.5. The van der Waals surface area contributed by atoms with E-state index in [2.05, 4.69) is 5.32 Å². The Balaban J connectivity index is 1.71. The van der Waals surface area contributed by atoms with E-state index in [0.29, 0.717) is 40.4 Å². The van der Waals surface area contributed by atoms with E-state index in [-0.39, 0.29) is 10.6 Å². The number of carboxylic acid groups (broad SMARTS) is 1. The average molecular weight is 467 g/mol. The minimum absolute atomic E-state index is 0.0455. The van der Waals surface area contributed by atoms with Gasteiger partial charge in [-0.05, 0) is 47.5 Å². The second-order valence-corrected chi connectivity index (χ2v) is 7.61. The van der Waals surface area contributed by atoms with Gasteiger partial charge in [0.2, 0.25) is 0 Å². The van der Waals surface area contributed by atoms with Gasteiger partial charge in [-0.1, -0.05) is 46.9 Å². The first-order chi connectivity index (χ1) is 14.4. The lowest BCUT2D eigenvalue weighted by atomic mass is 10.1. The van der Waals surface area contributed by atoms with Crippen molar-refractivity contribution in [3.63, 3.8) is 0 Å². The van der Waals surface area contributed by atoms with Crippen LogP contribution >= 0.6 is 34.8 Å². The maximum Gasteiger partial charge on any atom is 0.337 e. The predicted molar refractivity (Wildman–Crippen MR) is 120 cm³/mol. The van der Waals surface area contributed by atoms with Gasteiger partial charge in [-0.25, -0.2) is 4.79 Å². The molecule has 0 radical (unpaired) electrons. The molecule has 0 heterocycles. The van der Waals surface area contributed by atoms with Crippen LogP contribution in [0.1, 0.15) is 21.5 Å². The number of carbonyl (C=O) groups is 1. The summed E-state index contributed by atoms with van der Waals surface area (Å²) in [6, 6.07) is 15.5. The molecule has 0 amide bonds. The largest absolute Gasteiger partial charge is 0.493 e. The summed E-state index contributed by atoms with van der Waals surface area (Å²) in [6.45, 7) is 0.727. The Kier molecular flexibility index (Phi) is 7.32. The van der Waals surface area contributed by atoms with Crippen molar-refractivity contribution in [2.45, 2.75) is 13.2 Å². The number of aromatic carboxylic acids is 1. The van der Waals surface area contributed by atoms with Crippen LogP contribution in [0.2, 0.25) is 15.1 Å². The number of benzene rings is 3. The van der Waals surface area contributed by atoms with Gasteiger partial charge in [0, 0.05) is 28.3 Å². The van der Waals surface area contributed by atoms with Crippen molar-refractivity contribution in [3.8, 4) is 11.5 Å². The van der Waals surface area contributed by atoms with Gasteiger partial charge in [0.1, 0.15) is 6.61 Å². The van der Waals surface area contributed by atoms with Gasteiger partial charge < -0.3 is 19.9 Å². The molecule has 0 saturated heterocycles. The molecule has 5 nitrogen and oxygen atoms in total. The number of methoxy groups -OCH3 is 1. The molecule has 8 heteroatoms. The van der Waals surface area contributed by atoms with E-state index in [1.807, 2.05) is 12.1 Å². The fourth-order valence-electron chi connectivity index (χ4n) is 2.72. The molecule has 0 spiro atoms. The van der Waals surface area contributed by atoms with Crippen molar-refractivity contribution in [2.75, 3.05) is 12.4 Å². The van der Waals surface area contributed by atoms with Crippen LogP contribution in [0, 0.1) is 0 Å². The Hall–Kier alpha value is -2.60. The third kappa shape index (κ3) is 5.51. The molecular weight excluding hydrogens is 449 g/mol. The fraction of sp³-hybridized carbons (Fsp3) is 0.136. The Bertz CT molecular complexity index is 1050. The van der Waals surface area contributed by atoms with Crippen molar-refractivity contribution in [1.82, 2.24) is 0 Å². The summed E-state index contributed by atoms with van der Waals surface area (Å²) < 4.78 is 11.3. The monoisotopic (exact) mass is 465 g/mol. The summed E-state index contributed by atoms with van der Waals surface area (Å²) in [5.74, 6) is -0.00648. The molecule has 0 aliphatic heterocycles. The molecule has 156 valence electrons. The Morgan fingerprint density at radius 2 is 1.70 bits per heavy atom. The minimum atomic E-state index is -1.08. The molecule has 0 fully saturated rings. The zero-order valence-electron chi connectivity index (χ0n) is 15.9. The van der Waals surface area contributed by atoms with Gasteiger partial charge in [0.05, 0.1) is 17.7 Å². The van der Waals surface area contributed by atoms with E-state index in [0.717, 1.165) is 11.1 Å². The highest BCUT2D eigenvalue weighted by Gasteiger charge is 2.12. The van der Waals surface area contributed by atoms with Crippen LogP contribution in [-0.2, 0) is 13.2 Å². The number of hydrogen-bond donors (Lipinski definition) is 2. The van der Waals surface area contributed by atoms with Crippen molar-refractivity contribution in [2.24, 2.45) is 0 Å².